The minimum absolute atomic E-state index is 0.281. The van der Waals surface area contributed by atoms with Crippen molar-refractivity contribution in [3.8, 4) is 11.3 Å². The van der Waals surface area contributed by atoms with Gasteiger partial charge < -0.3 is 4.98 Å². The summed E-state index contributed by atoms with van der Waals surface area (Å²) in [5, 5.41) is 4.23. The molecule has 3 aromatic heterocycles. The van der Waals surface area contributed by atoms with Gasteiger partial charge in [-0.05, 0) is 30.0 Å². The maximum absolute atomic E-state index is 13.5. The Labute approximate surface area is 190 Å². The second kappa shape index (κ2) is 8.78. The molecule has 3 heterocycles. The van der Waals surface area contributed by atoms with Crippen LogP contribution >= 0.6 is 0 Å². The molecule has 33 heavy (non-hydrogen) atoms. The molecule has 0 saturated heterocycles. The molecular weight excluding hydrogens is 414 g/mol. The van der Waals surface area contributed by atoms with Crippen molar-refractivity contribution in [2.24, 2.45) is 7.05 Å². The van der Waals surface area contributed by atoms with E-state index in [2.05, 4.69) is 10.1 Å². The van der Waals surface area contributed by atoms with Crippen LogP contribution in [-0.4, -0.2) is 23.9 Å². The van der Waals surface area contributed by atoms with Gasteiger partial charge in [-0.2, -0.15) is 5.10 Å². The van der Waals surface area contributed by atoms with Crippen molar-refractivity contribution in [2.45, 2.75) is 25.9 Å². The van der Waals surface area contributed by atoms with Crippen LogP contribution in [0.1, 0.15) is 11.1 Å². The van der Waals surface area contributed by atoms with Crippen LogP contribution in [0.15, 0.2) is 88.7 Å². The van der Waals surface area contributed by atoms with Crippen molar-refractivity contribution in [3.63, 3.8) is 0 Å². The lowest BCUT2D eigenvalue weighted by Crippen LogP contribution is -2.40. The number of fused-ring (bicyclic) bond motifs is 1. The molecule has 0 amide bonds. The molecule has 0 aliphatic carbocycles. The van der Waals surface area contributed by atoms with E-state index in [4.69, 9.17) is 0 Å². The van der Waals surface area contributed by atoms with Crippen LogP contribution < -0.4 is 11.2 Å². The zero-order valence-electron chi connectivity index (χ0n) is 18.4. The average molecular weight is 440 g/mol. The second-order valence-electron chi connectivity index (χ2n) is 8.21. The van der Waals surface area contributed by atoms with Crippen LogP contribution in [0.25, 0.3) is 22.3 Å². The summed E-state index contributed by atoms with van der Waals surface area (Å²) in [4.78, 5) is 30.1. The molecule has 1 N–H and O–H groups in total. The predicted octanol–water partition coefficient (Wildman–Crippen LogP) is 3.38. The minimum atomic E-state index is -0.294. The highest BCUT2D eigenvalue weighted by atomic mass is 16.2. The van der Waals surface area contributed by atoms with Crippen molar-refractivity contribution in [1.82, 2.24) is 23.9 Å². The first-order valence-electron chi connectivity index (χ1n) is 11.0. The van der Waals surface area contributed by atoms with Crippen LogP contribution in [0.4, 0.5) is 0 Å². The van der Waals surface area contributed by atoms with Crippen LogP contribution in [-0.2, 0) is 33.0 Å². The number of rotatable bonds is 7. The van der Waals surface area contributed by atoms with Gasteiger partial charge in [-0.1, -0.05) is 60.7 Å². The molecule has 0 radical (unpaired) electrons. The van der Waals surface area contributed by atoms with E-state index >= 15 is 0 Å². The van der Waals surface area contributed by atoms with Gasteiger partial charge in [0.25, 0.3) is 5.56 Å². The summed E-state index contributed by atoms with van der Waals surface area (Å²) in [5.41, 5.74) is 4.35. The Kier molecular flexibility index (Phi) is 5.52. The number of hydrogen-bond acceptors (Lipinski definition) is 3. The molecule has 7 heteroatoms. The third-order valence-corrected chi connectivity index (χ3v) is 5.96. The van der Waals surface area contributed by atoms with Gasteiger partial charge in [0.15, 0.2) is 0 Å². The smallest absolute Gasteiger partial charge is 0.331 e. The fraction of sp³-hybridized carbons (Fsp3) is 0.192. The average Bonchev–Trinajstić information content (AvgIpc) is 3.47. The monoisotopic (exact) mass is 439 g/mol. The van der Waals surface area contributed by atoms with E-state index in [0.717, 1.165) is 22.4 Å². The van der Waals surface area contributed by atoms with Crippen LogP contribution in [0.3, 0.4) is 0 Å². The fourth-order valence-electron chi connectivity index (χ4n) is 4.19. The maximum atomic E-state index is 13.5. The highest BCUT2D eigenvalue weighted by Gasteiger charge is 2.17. The summed E-state index contributed by atoms with van der Waals surface area (Å²) in [7, 11) is 1.85. The molecule has 0 bridgehead atoms. The Bertz CT molecular complexity index is 1510. The Morgan fingerprint density at radius 1 is 0.848 bits per heavy atom. The predicted molar refractivity (Wildman–Crippen MR) is 129 cm³/mol. The lowest BCUT2D eigenvalue weighted by molar-refractivity contribution is 0.568. The van der Waals surface area contributed by atoms with E-state index in [0.29, 0.717) is 37.0 Å². The largest absolute Gasteiger partial charge is 0.349 e. The van der Waals surface area contributed by atoms with Gasteiger partial charge in [-0.3, -0.25) is 18.6 Å². The number of nitrogens with one attached hydrogen (secondary N) is 1. The summed E-state index contributed by atoms with van der Waals surface area (Å²) in [6, 6.07) is 21.8. The van der Waals surface area contributed by atoms with Crippen LogP contribution in [0, 0.1) is 0 Å². The van der Waals surface area contributed by atoms with Crippen molar-refractivity contribution >= 4 is 11.0 Å². The molecule has 0 aliphatic heterocycles. The quantitative estimate of drug-likeness (QED) is 0.422. The number of aromatic nitrogens is 5. The van der Waals surface area contributed by atoms with Gasteiger partial charge in [0.05, 0.1) is 17.4 Å². The van der Waals surface area contributed by atoms with Gasteiger partial charge >= 0.3 is 5.69 Å². The first-order chi connectivity index (χ1) is 16.1. The summed E-state index contributed by atoms with van der Waals surface area (Å²) < 4.78 is 4.77. The summed E-state index contributed by atoms with van der Waals surface area (Å²) in [5.74, 6) is 0. The van der Waals surface area contributed by atoms with E-state index in [1.54, 1.807) is 15.4 Å². The molecule has 166 valence electrons. The zero-order chi connectivity index (χ0) is 22.8. The molecule has 0 fully saturated rings. The lowest BCUT2D eigenvalue weighted by Gasteiger charge is -2.12. The van der Waals surface area contributed by atoms with E-state index in [-0.39, 0.29) is 11.2 Å². The molecule has 0 atom stereocenters. The number of nitrogens with zero attached hydrogens (tertiary/aromatic N) is 4. The molecule has 5 aromatic rings. The summed E-state index contributed by atoms with van der Waals surface area (Å²) in [6.07, 6.45) is 4.92. The fourth-order valence-corrected chi connectivity index (χ4v) is 4.19. The molecule has 0 aliphatic rings. The van der Waals surface area contributed by atoms with Gasteiger partial charge in [0.1, 0.15) is 5.52 Å². The van der Waals surface area contributed by atoms with Crippen molar-refractivity contribution in [2.75, 3.05) is 0 Å². The first kappa shape index (κ1) is 20.8. The molecule has 2 aromatic carbocycles. The van der Waals surface area contributed by atoms with Crippen LogP contribution in [0.2, 0.25) is 0 Å². The Morgan fingerprint density at radius 2 is 1.45 bits per heavy atom. The third kappa shape index (κ3) is 4.17. The molecule has 0 saturated carbocycles. The number of aromatic amines is 1. The van der Waals surface area contributed by atoms with Crippen molar-refractivity contribution in [3.05, 3.63) is 111 Å². The van der Waals surface area contributed by atoms with Crippen molar-refractivity contribution in [1.29, 1.82) is 0 Å². The van der Waals surface area contributed by atoms with Crippen LogP contribution in [0.5, 0.6) is 0 Å². The van der Waals surface area contributed by atoms with Gasteiger partial charge in [0, 0.05) is 31.9 Å². The SMILES string of the molecule is Cn1cc(-c2cc3c([nH]2)c(=O)n(CCc2ccccc2)c(=O)n3CCc2ccccc2)cn1. The zero-order valence-corrected chi connectivity index (χ0v) is 18.4. The first-order valence-corrected chi connectivity index (χ1v) is 11.0. The normalized spacial score (nSPS) is 11.3. The summed E-state index contributed by atoms with van der Waals surface area (Å²) >= 11 is 0. The maximum Gasteiger partial charge on any atom is 0.331 e. The number of hydrogen-bond donors (Lipinski definition) is 1. The summed E-state index contributed by atoms with van der Waals surface area (Å²) in [6.45, 7) is 0.805. The minimum Gasteiger partial charge on any atom is -0.349 e. The van der Waals surface area contributed by atoms with Gasteiger partial charge in [-0.25, -0.2) is 4.79 Å². The number of benzene rings is 2. The topological polar surface area (TPSA) is 77.6 Å². The van der Waals surface area contributed by atoms with Gasteiger partial charge in [-0.15, -0.1) is 0 Å². The highest BCUT2D eigenvalue weighted by Crippen LogP contribution is 2.21. The van der Waals surface area contributed by atoms with E-state index in [9.17, 15) is 9.59 Å². The van der Waals surface area contributed by atoms with Crippen molar-refractivity contribution < 1.29 is 0 Å². The standard InChI is InChI=1S/C26H25N5O2/c1-29-18-21(17-27-29)22-16-23-24(28-22)25(32)31(15-13-20-10-6-3-7-11-20)26(33)30(23)14-12-19-8-4-2-5-9-19/h2-11,16-18,28H,12-15H2,1H3. The molecule has 7 nitrogen and oxygen atoms in total. The van der Waals surface area contributed by atoms with Gasteiger partial charge in [0.2, 0.25) is 0 Å². The lowest BCUT2D eigenvalue weighted by atomic mass is 10.1. The number of H-pyrrole nitrogens is 1. The Balaban J connectivity index is 1.59. The van der Waals surface area contributed by atoms with E-state index < -0.39 is 0 Å². The highest BCUT2D eigenvalue weighted by molar-refractivity contribution is 5.82. The molecular formula is C26H25N5O2. The molecule has 0 unspecified atom stereocenters. The van der Waals surface area contributed by atoms with E-state index in [1.807, 2.05) is 80.0 Å². The van der Waals surface area contributed by atoms with E-state index in [1.165, 1.54) is 4.57 Å². The number of aryl methyl sites for hydroxylation is 4. The molecule has 0 spiro atoms. The third-order valence-electron chi connectivity index (χ3n) is 5.96. The molecule has 5 rings (SSSR count). The second-order valence-corrected chi connectivity index (χ2v) is 8.21. The Hall–Kier alpha value is -4.13. The Morgan fingerprint density at radius 3 is 2.03 bits per heavy atom.